The highest BCUT2D eigenvalue weighted by atomic mass is 79.9. The maximum atomic E-state index is 5.51. The first-order valence-corrected chi connectivity index (χ1v) is 5.17. The van der Waals surface area contributed by atoms with E-state index < -0.39 is 0 Å². The molecule has 0 aliphatic rings. The molecule has 0 bridgehead atoms. The molecule has 1 aromatic carbocycles. The van der Waals surface area contributed by atoms with Crippen LogP contribution < -0.4 is 10.5 Å². The Bertz CT molecular complexity index is 291. The summed E-state index contributed by atoms with van der Waals surface area (Å²) in [7, 11) is 1.65. The van der Waals surface area contributed by atoms with Crippen molar-refractivity contribution in [2.75, 3.05) is 20.3 Å². The number of hydrogen-bond donors (Lipinski definition) is 1. The van der Waals surface area contributed by atoms with Crippen LogP contribution in [0.2, 0.25) is 0 Å². The monoisotopic (exact) mass is 259 g/mol. The molecule has 14 heavy (non-hydrogen) atoms. The van der Waals surface area contributed by atoms with Crippen molar-refractivity contribution in [1.82, 2.24) is 0 Å². The van der Waals surface area contributed by atoms with Crippen LogP contribution in [-0.2, 0) is 11.3 Å². The number of ether oxygens (including phenoxy) is 2. The predicted molar refractivity (Wildman–Crippen MR) is 59.4 cm³/mol. The quantitative estimate of drug-likeness (QED) is 0.823. The summed E-state index contributed by atoms with van der Waals surface area (Å²) in [5.74, 6) is 0.819. The third-order valence-corrected chi connectivity index (χ3v) is 2.40. The van der Waals surface area contributed by atoms with Crippen LogP contribution in [0.4, 0.5) is 0 Å². The Morgan fingerprint density at radius 3 is 2.71 bits per heavy atom. The lowest BCUT2D eigenvalue weighted by atomic mass is 10.2. The molecule has 0 atom stereocenters. The molecule has 0 aromatic heterocycles. The van der Waals surface area contributed by atoms with Crippen LogP contribution in [0, 0.1) is 0 Å². The Balaban J connectivity index is 2.59. The van der Waals surface area contributed by atoms with Gasteiger partial charge in [0.25, 0.3) is 0 Å². The number of halogens is 1. The van der Waals surface area contributed by atoms with Crippen molar-refractivity contribution in [3.8, 4) is 5.75 Å². The highest BCUT2D eigenvalue weighted by molar-refractivity contribution is 9.10. The van der Waals surface area contributed by atoms with Crippen LogP contribution in [0.3, 0.4) is 0 Å². The smallest absolute Gasteiger partial charge is 0.133 e. The first-order valence-electron chi connectivity index (χ1n) is 4.38. The van der Waals surface area contributed by atoms with E-state index in [2.05, 4.69) is 15.9 Å². The topological polar surface area (TPSA) is 44.5 Å². The van der Waals surface area contributed by atoms with E-state index in [0.29, 0.717) is 19.8 Å². The number of hydrogen-bond acceptors (Lipinski definition) is 3. The summed E-state index contributed by atoms with van der Waals surface area (Å²) in [4.78, 5) is 0. The van der Waals surface area contributed by atoms with Crippen molar-refractivity contribution in [3.05, 3.63) is 28.2 Å². The first kappa shape index (κ1) is 11.5. The first-order chi connectivity index (χ1) is 6.77. The molecule has 0 aliphatic heterocycles. The van der Waals surface area contributed by atoms with E-state index in [0.717, 1.165) is 15.8 Å². The second kappa shape index (κ2) is 6.01. The molecule has 0 saturated heterocycles. The molecule has 4 heteroatoms. The minimum atomic E-state index is 0.539. The summed E-state index contributed by atoms with van der Waals surface area (Å²) in [6.45, 7) is 1.68. The van der Waals surface area contributed by atoms with Crippen LogP contribution in [0.1, 0.15) is 5.56 Å². The van der Waals surface area contributed by atoms with E-state index in [9.17, 15) is 0 Å². The third-order valence-electron chi connectivity index (χ3n) is 1.78. The molecule has 0 aliphatic carbocycles. The van der Waals surface area contributed by atoms with Crippen molar-refractivity contribution >= 4 is 15.9 Å². The van der Waals surface area contributed by atoms with Gasteiger partial charge in [0, 0.05) is 13.7 Å². The molecule has 3 nitrogen and oxygen atoms in total. The molecule has 0 heterocycles. The summed E-state index contributed by atoms with van der Waals surface area (Å²) in [6.07, 6.45) is 0. The molecule has 2 N–H and O–H groups in total. The second-order valence-corrected chi connectivity index (χ2v) is 3.66. The lowest BCUT2D eigenvalue weighted by Crippen LogP contribution is -2.05. The number of nitrogens with two attached hydrogens (primary N) is 1. The fraction of sp³-hybridized carbons (Fsp3) is 0.400. The Morgan fingerprint density at radius 1 is 1.36 bits per heavy atom. The van der Waals surface area contributed by atoms with Gasteiger partial charge in [-0.05, 0) is 33.6 Å². The average molecular weight is 260 g/mol. The molecule has 1 rings (SSSR count). The molecule has 1 aromatic rings. The summed E-state index contributed by atoms with van der Waals surface area (Å²) in [5, 5.41) is 0. The lowest BCUT2D eigenvalue weighted by Gasteiger charge is -2.08. The molecule has 0 saturated carbocycles. The third kappa shape index (κ3) is 3.29. The molecule has 0 radical (unpaired) electrons. The van der Waals surface area contributed by atoms with Crippen LogP contribution in [0.25, 0.3) is 0 Å². The van der Waals surface area contributed by atoms with Gasteiger partial charge in [-0.15, -0.1) is 0 Å². The highest BCUT2D eigenvalue weighted by Crippen LogP contribution is 2.25. The van der Waals surface area contributed by atoms with Gasteiger partial charge in [0.1, 0.15) is 12.4 Å². The number of methoxy groups -OCH3 is 1. The molecule has 0 spiro atoms. The van der Waals surface area contributed by atoms with Crippen molar-refractivity contribution in [2.24, 2.45) is 5.73 Å². The molecular weight excluding hydrogens is 246 g/mol. The van der Waals surface area contributed by atoms with E-state index in [1.54, 1.807) is 7.11 Å². The Hall–Kier alpha value is -0.580. The standard InChI is InChI=1S/C10H14BrNO2/c1-13-4-5-14-10-3-2-8(7-12)6-9(10)11/h2-3,6H,4-5,7,12H2,1H3. The Labute approximate surface area is 92.3 Å². The van der Waals surface area contributed by atoms with Gasteiger partial charge in [-0.3, -0.25) is 0 Å². The van der Waals surface area contributed by atoms with Gasteiger partial charge < -0.3 is 15.2 Å². The zero-order valence-electron chi connectivity index (χ0n) is 8.13. The van der Waals surface area contributed by atoms with Crippen molar-refractivity contribution in [1.29, 1.82) is 0 Å². The summed E-state index contributed by atoms with van der Waals surface area (Å²) in [5.41, 5.74) is 6.59. The van der Waals surface area contributed by atoms with Crippen LogP contribution in [-0.4, -0.2) is 20.3 Å². The van der Waals surface area contributed by atoms with Crippen LogP contribution in [0.5, 0.6) is 5.75 Å². The molecule has 78 valence electrons. The van der Waals surface area contributed by atoms with Crippen molar-refractivity contribution in [2.45, 2.75) is 6.54 Å². The van der Waals surface area contributed by atoms with Gasteiger partial charge >= 0.3 is 0 Å². The van der Waals surface area contributed by atoms with Crippen molar-refractivity contribution < 1.29 is 9.47 Å². The molecular formula is C10H14BrNO2. The maximum Gasteiger partial charge on any atom is 0.133 e. The van der Waals surface area contributed by atoms with Gasteiger partial charge in [0.15, 0.2) is 0 Å². The highest BCUT2D eigenvalue weighted by Gasteiger charge is 2.01. The maximum absolute atomic E-state index is 5.51. The molecule has 0 fully saturated rings. The van der Waals surface area contributed by atoms with E-state index in [4.69, 9.17) is 15.2 Å². The lowest BCUT2D eigenvalue weighted by molar-refractivity contribution is 0.146. The summed E-state index contributed by atoms with van der Waals surface area (Å²) >= 11 is 3.42. The van der Waals surface area contributed by atoms with E-state index >= 15 is 0 Å². The zero-order chi connectivity index (χ0) is 10.4. The summed E-state index contributed by atoms with van der Waals surface area (Å²) < 4.78 is 11.3. The fourth-order valence-corrected chi connectivity index (χ4v) is 1.56. The van der Waals surface area contributed by atoms with E-state index in [1.807, 2.05) is 18.2 Å². The van der Waals surface area contributed by atoms with E-state index in [1.165, 1.54) is 0 Å². The van der Waals surface area contributed by atoms with Gasteiger partial charge in [0.2, 0.25) is 0 Å². The second-order valence-electron chi connectivity index (χ2n) is 2.81. The van der Waals surface area contributed by atoms with Gasteiger partial charge in [-0.25, -0.2) is 0 Å². The molecule has 0 amide bonds. The van der Waals surface area contributed by atoms with Crippen molar-refractivity contribution in [3.63, 3.8) is 0 Å². The van der Waals surface area contributed by atoms with Gasteiger partial charge in [0.05, 0.1) is 11.1 Å². The van der Waals surface area contributed by atoms with Crippen LogP contribution in [0.15, 0.2) is 22.7 Å². The molecule has 0 unspecified atom stereocenters. The SMILES string of the molecule is COCCOc1ccc(CN)cc1Br. The Morgan fingerprint density at radius 2 is 2.14 bits per heavy atom. The fourth-order valence-electron chi connectivity index (χ4n) is 1.02. The van der Waals surface area contributed by atoms with Gasteiger partial charge in [-0.2, -0.15) is 0 Å². The van der Waals surface area contributed by atoms with Gasteiger partial charge in [-0.1, -0.05) is 6.07 Å². The average Bonchev–Trinajstić information content (AvgIpc) is 2.20. The Kier molecular flexibility index (Phi) is 4.93. The van der Waals surface area contributed by atoms with Crippen LogP contribution >= 0.6 is 15.9 Å². The number of benzene rings is 1. The summed E-state index contributed by atoms with van der Waals surface area (Å²) in [6, 6.07) is 5.82. The largest absolute Gasteiger partial charge is 0.490 e. The zero-order valence-corrected chi connectivity index (χ0v) is 9.71. The minimum absolute atomic E-state index is 0.539. The van der Waals surface area contributed by atoms with E-state index in [-0.39, 0.29) is 0 Å². The normalized spacial score (nSPS) is 10.2. The predicted octanol–water partition coefficient (Wildman–Crippen LogP) is 1.93. The number of rotatable bonds is 5. The minimum Gasteiger partial charge on any atom is -0.490 e.